The van der Waals surface area contributed by atoms with Gasteiger partial charge < -0.3 is 10.0 Å². The summed E-state index contributed by atoms with van der Waals surface area (Å²) < 4.78 is 0. The zero-order valence-corrected chi connectivity index (χ0v) is 13.2. The van der Waals surface area contributed by atoms with Crippen LogP contribution in [-0.2, 0) is 12.8 Å². The molecule has 1 unspecified atom stereocenters. The Bertz CT molecular complexity index is 516. The molecule has 1 atom stereocenters. The van der Waals surface area contributed by atoms with Gasteiger partial charge in [0.2, 0.25) is 0 Å². The van der Waals surface area contributed by atoms with Crippen molar-refractivity contribution in [3.8, 4) is 0 Å². The second-order valence-corrected chi connectivity index (χ2v) is 5.59. The third kappa shape index (κ3) is 3.01. The van der Waals surface area contributed by atoms with Crippen LogP contribution in [0.25, 0.3) is 0 Å². The number of hydrogen-bond donors (Lipinski definition) is 1. The van der Waals surface area contributed by atoms with Crippen molar-refractivity contribution in [3.05, 3.63) is 16.8 Å². The number of rotatable bonds is 5. The first-order chi connectivity index (χ1) is 10.1. The molecule has 0 spiro atoms. The number of carboxylic acids is 1. The predicted molar refractivity (Wildman–Crippen MR) is 83.0 cm³/mol. The fourth-order valence-corrected chi connectivity index (χ4v) is 3.29. The van der Waals surface area contributed by atoms with E-state index in [1.165, 1.54) is 6.42 Å². The minimum atomic E-state index is -0.883. The van der Waals surface area contributed by atoms with Gasteiger partial charge in [-0.25, -0.2) is 4.79 Å². The highest BCUT2D eigenvalue weighted by molar-refractivity contribution is 5.95. The summed E-state index contributed by atoms with van der Waals surface area (Å²) in [5.41, 5.74) is 2.02. The van der Waals surface area contributed by atoms with Gasteiger partial charge in [-0.2, -0.15) is 5.10 Å². The summed E-state index contributed by atoms with van der Waals surface area (Å²) in [5, 5.41) is 18.3. The van der Waals surface area contributed by atoms with Crippen LogP contribution in [0.5, 0.6) is 0 Å². The smallest absolute Gasteiger partial charge is 0.339 e. The minimum Gasteiger partial charge on any atom is -0.478 e. The van der Waals surface area contributed by atoms with Crippen molar-refractivity contribution in [1.82, 2.24) is 10.2 Å². The van der Waals surface area contributed by atoms with Gasteiger partial charge in [0, 0.05) is 12.6 Å². The van der Waals surface area contributed by atoms with Gasteiger partial charge >= 0.3 is 5.97 Å². The number of piperidine rings is 1. The van der Waals surface area contributed by atoms with E-state index in [1.54, 1.807) is 0 Å². The molecule has 5 heteroatoms. The Balaban J connectivity index is 2.54. The lowest BCUT2D eigenvalue weighted by molar-refractivity contribution is 0.0695. The highest BCUT2D eigenvalue weighted by atomic mass is 16.4. The quantitative estimate of drug-likeness (QED) is 0.903. The van der Waals surface area contributed by atoms with Crippen molar-refractivity contribution in [2.45, 2.75) is 65.3 Å². The number of nitrogens with zero attached hydrogens (tertiary/aromatic N) is 3. The topological polar surface area (TPSA) is 66.3 Å². The second-order valence-electron chi connectivity index (χ2n) is 5.59. The Morgan fingerprint density at radius 2 is 2.00 bits per heavy atom. The maximum Gasteiger partial charge on any atom is 0.339 e. The molecule has 1 aromatic rings. The van der Waals surface area contributed by atoms with E-state index < -0.39 is 5.97 Å². The molecule has 0 aromatic carbocycles. The van der Waals surface area contributed by atoms with Crippen molar-refractivity contribution in [3.63, 3.8) is 0 Å². The molecular formula is C16H25N3O2. The van der Waals surface area contributed by atoms with Crippen LogP contribution >= 0.6 is 0 Å². The third-order valence-electron chi connectivity index (χ3n) is 4.41. The molecular weight excluding hydrogens is 266 g/mol. The first kappa shape index (κ1) is 15.7. The highest BCUT2D eigenvalue weighted by Crippen LogP contribution is 2.30. The Kier molecular flexibility index (Phi) is 5.15. The van der Waals surface area contributed by atoms with Gasteiger partial charge in [0.1, 0.15) is 5.56 Å². The van der Waals surface area contributed by atoms with Crippen LogP contribution in [0.2, 0.25) is 0 Å². The number of hydrogen-bond acceptors (Lipinski definition) is 4. The summed E-state index contributed by atoms with van der Waals surface area (Å²) in [6, 6.07) is 0.378. The Morgan fingerprint density at radius 1 is 1.24 bits per heavy atom. The minimum absolute atomic E-state index is 0.365. The molecule has 2 rings (SSSR count). The van der Waals surface area contributed by atoms with Crippen LogP contribution in [0.3, 0.4) is 0 Å². The summed E-state index contributed by atoms with van der Waals surface area (Å²) in [6.07, 6.45) is 5.81. The fraction of sp³-hybridized carbons (Fsp3) is 0.688. The standard InChI is InChI=1S/C16H25N3O2/c1-4-11-9-7-8-10-19(11)15-14(16(20)21)12(5-2)13(6-3)17-18-15/h11H,4-10H2,1-3H3,(H,20,21). The van der Waals surface area contributed by atoms with Crippen molar-refractivity contribution in [2.24, 2.45) is 0 Å². The molecule has 21 heavy (non-hydrogen) atoms. The molecule has 1 N–H and O–H groups in total. The van der Waals surface area contributed by atoms with Gasteiger partial charge in [-0.15, -0.1) is 5.10 Å². The molecule has 1 saturated heterocycles. The first-order valence-electron chi connectivity index (χ1n) is 8.02. The van der Waals surface area contributed by atoms with Crippen LogP contribution in [0.15, 0.2) is 0 Å². The highest BCUT2D eigenvalue weighted by Gasteiger charge is 2.29. The maximum atomic E-state index is 11.8. The number of carboxylic acid groups (broad SMARTS) is 1. The first-order valence-corrected chi connectivity index (χ1v) is 8.02. The molecule has 2 heterocycles. The van der Waals surface area contributed by atoms with Crippen molar-refractivity contribution in [2.75, 3.05) is 11.4 Å². The van der Waals surface area contributed by atoms with Crippen LogP contribution in [0.4, 0.5) is 5.82 Å². The van der Waals surface area contributed by atoms with E-state index in [1.807, 2.05) is 13.8 Å². The summed E-state index contributed by atoms with van der Waals surface area (Å²) in [6.45, 7) is 7.00. The maximum absolute atomic E-state index is 11.8. The van der Waals surface area contributed by atoms with E-state index in [0.29, 0.717) is 30.3 Å². The van der Waals surface area contributed by atoms with E-state index in [2.05, 4.69) is 22.0 Å². The monoisotopic (exact) mass is 291 g/mol. The lowest BCUT2D eigenvalue weighted by atomic mass is 9.97. The summed E-state index contributed by atoms with van der Waals surface area (Å²) in [4.78, 5) is 14.0. The average Bonchev–Trinajstić information content (AvgIpc) is 2.52. The summed E-state index contributed by atoms with van der Waals surface area (Å²) >= 11 is 0. The van der Waals surface area contributed by atoms with Gasteiger partial charge in [-0.3, -0.25) is 0 Å². The van der Waals surface area contributed by atoms with Gasteiger partial charge in [0.05, 0.1) is 5.69 Å². The second kappa shape index (κ2) is 6.87. The van der Waals surface area contributed by atoms with Gasteiger partial charge in [0.15, 0.2) is 5.82 Å². The molecule has 1 aromatic heterocycles. The van der Waals surface area contributed by atoms with Crippen molar-refractivity contribution < 1.29 is 9.90 Å². The Hall–Kier alpha value is -1.65. The molecule has 0 saturated carbocycles. The molecule has 0 amide bonds. The lowest BCUT2D eigenvalue weighted by Gasteiger charge is -2.37. The zero-order valence-electron chi connectivity index (χ0n) is 13.2. The molecule has 0 aliphatic carbocycles. The third-order valence-corrected chi connectivity index (χ3v) is 4.41. The van der Waals surface area contributed by atoms with E-state index in [-0.39, 0.29) is 0 Å². The lowest BCUT2D eigenvalue weighted by Crippen LogP contribution is -2.41. The molecule has 5 nitrogen and oxygen atoms in total. The summed E-state index contributed by atoms with van der Waals surface area (Å²) in [7, 11) is 0. The number of aryl methyl sites for hydroxylation is 1. The van der Waals surface area contributed by atoms with Gasteiger partial charge in [-0.05, 0) is 44.1 Å². The van der Waals surface area contributed by atoms with Gasteiger partial charge in [-0.1, -0.05) is 20.8 Å². The fourth-order valence-electron chi connectivity index (χ4n) is 3.29. The largest absolute Gasteiger partial charge is 0.478 e. The molecule has 0 bridgehead atoms. The van der Waals surface area contributed by atoms with E-state index in [0.717, 1.165) is 37.1 Å². The van der Waals surface area contributed by atoms with Gasteiger partial charge in [0.25, 0.3) is 0 Å². The van der Waals surface area contributed by atoms with E-state index in [9.17, 15) is 9.90 Å². The van der Waals surface area contributed by atoms with Crippen molar-refractivity contribution >= 4 is 11.8 Å². The van der Waals surface area contributed by atoms with E-state index in [4.69, 9.17) is 0 Å². The zero-order chi connectivity index (χ0) is 15.4. The van der Waals surface area contributed by atoms with E-state index >= 15 is 0 Å². The SMILES string of the molecule is CCc1nnc(N2CCCCC2CC)c(C(=O)O)c1CC. The van der Waals surface area contributed by atoms with Crippen LogP contribution in [-0.4, -0.2) is 33.9 Å². The van der Waals surface area contributed by atoms with Crippen LogP contribution < -0.4 is 4.90 Å². The molecule has 1 aliphatic rings. The molecule has 116 valence electrons. The molecule has 1 aliphatic heterocycles. The molecule has 0 radical (unpaired) electrons. The summed E-state index contributed by atoms with van der Waals surface area (Å²) in [5.74, 6) is -0.310. The van der Waals surface area contributed by atoms with Crippen LogP contribution in [0, 0.1) is 0 Å². The predicted octanol–water partition coefficient (Wildman–Crippen LogP) is 3.07. The Labute approximate surface area is 126 Å². The Morgan fingerprint density at radius 3 is 2.57 bits per heavy atom. The molecule has 1 fully saturated rings. The average molecular weight is 291 g/mol. The number of anilines is 1. The number of aromatic carboxylic acids is 1. The van der Waals surface area contributed by atoms with Crippen molar-refractivity contribution in [1.29, 1.82) is 0 Å². The van der Waals surface area contributed by atoms with Crippen LogP contribution in [0.1, 0.15) is 68.1 Å². The number of carbonyl (C=O) groups is 1. The number of aromatic nitrogens is 2. The normalized spacial score (nSPS) is 18.8.